The molecule has 0 spiro atoms. The van der Waals surface area contributed by atoms with Gasteiger partial charge in [-0.25, -0.2) is 17.8 Å². The van der Waals surface area contributed by atoms with E-state index in [0.717, 1.165) is 11.1 Å². The highest BCUT2D eigenvalue weighted by molar-refractivity contribution is 7.92. The third-order valence-electron chi connectivity index (χ3n) is 5.66. The molecule has 0 saturated heterocycles. The number of nitrogens with one attached hydrogen (secondary N) is 1. The van der Waals surface area contributed by atoms with Crippen LogP contribution in [0.25, 0.3) is 11.3 Å². The van der Waals surface area contributed by atoms with E-state index in [1.807, 2.05) is 25.1 Å². The minimum atomic E-state index is -3.86. The second-order valence-corrected chi connectivity index (χ2v) is 10.7. The van der Waals surface area contributed by atoms with Crippen molar-refractivity contribution in [3.63, 3.8) is 0 Å². The zero-order chi connectivity index (χ0) is 23.9. The van der Waals surface area contributed by atoms with Crippen molar-refractivity contribution in [3.05, 3.63) is 95.1 Å². The Bertz CT molecular complexity index is 1480. The van der Waals surface area contributed by atoms with Crippen molar-refractivity contribution < 1.29 is 17.6 Å². The lowest BCUT2D eigenvalue weighted by molar-refractivity contribution is 0.102. The quantitative estimate of drug-likeness (QED) is 0.407. The number of aromatic nitrogens is 1. The Balaban J connectivity index is 1.38. The van der Waals surface area contributed by atoms with Gasteiger partial charge < -0.3 is 0 Å². The van der Waals surface area contributed by atoms with Crippen LogP contribution in [-0.2, 0) is 16.4 Å². The molecule has 0 aliphatic carbocycles. The number of hydrogen-bond donors (Lipinski definition) is 1. The summed E-state index contributed by atoms with van der Waals surface area (Å²) >= 11 is 1.23. The number of carbonyl (C=O) groups is 1. The van der Waals surface area contributed by atoms with Crippen LogP contribution in [0.1, 0.15) is 22.8 Å². The van der Waals surface area contributed by atoms with Crippen molar-refractivity contribution in [1.29, 1.82) is 0 Å². The van der Waals surface area contributed by atoms with Gasteiger partial charge in [-0.05, 0) is 67.4 Å². The first kappa shape index (κ1) is 22.2. The van der Waals surface area contributed by atoms with Crippen molar-refractivity contribution in [2.75, 3.05) is 9.62 Å². The normalized spacial score (nSPS) is 15.2. The fraction of sp³-hybridized carbons (Fsp3) is 0.120. The first-order chi connectivity index (χ1) is 16.3. The molecule has 4 aromatic rings. The largest absolute Gasteiger partial charge is 0.298 e. The number of para-hydroxylation sites is 1. The summed E-state index contributed by atoms with van der Waals surface area (Å²) in [5.74, 6) is -0.805. The number of thiazole rings is 1. The van der Waals surface area contributed by atoms with Crippen molar-refractivity contribution in [1.82, 2.24) is 4.98 Å². The SMILES string of the molecule is C[C@H]1Cc2ccccc2N1S(=O)(=O)c1cccc(C(=O)Nc2nc(-c3ccc(F)cc3)cs2)c1. The number of nitrogens with zero attached hydrogens (tertiary/aromatic N) is 2. The summed E-state index contributed by atoms with van der Waals surface area (Å²) in [7, 11) is -3.86. The Morgan fingerprint density at radius 3 is 2.65 bits per heavy atom. The molecule has 6 nitrogen and oxygen atoms in total. The van der Waals surface area contributed by atoms with E-state index >= 15 is 0 Å². The van der Waals surface area contributed by atoms with Crippen LogP contribution < -0.4 is 9.62 Å². The van der Waals surface area contributed by atoms with Gasteiger partial charge >= 0.3 is 0 Å². The molecule has 0 fully saturated rings. The lowest BCUT2D eigenvalue weighted by Gasteiger charge is -2.24. The Labute approximate surface area is 200 Å². The number of carbonyl (C=O) groups excluding carboxylic acids is 1. The molecule has 0 unspecified atom stereocenters. The van der Waals surface area contributed by atoms with E-state index in [-0.39, 0.29) is 22.3 Å². The van der Waals surface area contributed by atoms with Crippen LogP contribution in [0.4, 0.5) is 15.2 Å². The first-order valence-electron chi connectivity index (χ1n) is 10.6. The summed E-state index contributed by atoms with van der Waals surface area (Å²) in [5, 5.41) is 4.84. The van der Waals surface area contributed by atoms with Crippen LogP contribution in [0.3, 0.4) is 0 Å². The van der Waals surface area contributed by atoms with Gasteiger partial charge in [0.25, 0.3) is 15.9 Å². The van der Waals surface area contributed by atoms with Crippen LogP contribution in [0.15, 0.2) is 83.1 Å². The molecule has 1 amide bonds. The summed E-state index contributed by atoms with van der Waals surface area (Å²) in [4.78, 5) is 17.3. The van der Waals surface area contributed by atoms with Crippen LogP contribution in [0, 0.1) is 5.82 Å². The first-order valence-corrected chi connectivity index (χ1v) is 12.9. The molecule has 1 atom stereocenters. The van der Waals surface area contributed by atoms with Gasteiger partial charge in [0.2, 0.25) is 0 Å². The van der Waals surface area contributed by atoms with Crippen LogP contribution >= 0.6 is 11.3 Å². The fourth-order valence-corrected chi connectivity index (χ4v) is 6.52. The number of benzene rings is 3. The monoisotopic (exact) mass is 493 g/mol. The maximum Gasteiger partial charge on any atom is 0.264 e. The van der Waals surface area contributed by atoms with Crippen LogP contribution in [0.2, 0.25) is 0 Å². The summed E-state index contributed by atoms with van der Waals surface area (Å²) in [6.45, 7) is 1.87. The number of hydrogen-bond acceptors (Lipinski definition) is 5. The number of sulfonamides is 1. The highest BCUT2D eigenvalue weighted by Gasteiger charge is 2.36. The van der Waals surface area contributed by atoms with E-state index in [2.05, 4.69) is 10.3 Å². The molecule has 34 heavy (non-hydrogen) atoms. The molecule has 1 aliphatic heterocycles. The Hall–Kier alpha value is -3.56. The van der Waals surface area contributed by atoms with Gasteiger partial charge in [0, 0.05) is 22.5 Å². The van der Waals surface area contributed by atoms with Gasteiger partial charge in [-0.15, -0.1) is 11.3 Å². The fourth-order valence-electron chi connectivity index (χ4n) is 4.07. The molecule has 1 aromatic heterocycles. The Kier molecular flexibility index (Phi) is 5.66. The third-order valence-corrected chi connectivity index (χ3v) is 8.34. The van der Waals surface area contributed by atoms with E-state index < -0.39 is 15.9 Å². The van der Waals surface area contributed by atoms with Gasteiger partial charge in [0.1, 0.15) is 5.82 Å². The maximum atomic E-state index is 13.5. The lowest BCUT2D eigenvalue weighted by Crippen LogP contribution is -2.35. The molecule has 5 rings (SSSR count). The van der Waals surface area contributed by atoms with E-state index in [0.29, 0.717) is 22.9 Å². The summed E-state index contributed by atoms with van der Waals surface area (Å²) < 4.78 is 41.5. The molecule has 0 saturated carbocycles. The van der Waals surface area contributed by atoms with Crippen LogP contribution in [0.5, 0.6) is 0 Å². The lowest BCUT2D eigenvalue weighted by atomic mass is 10.1. The Morgan fingerprint density at radius 2 is 1.85 bits per heavy atom. The molecule has 1 aliphatic rings. The molecule has 172 valence electrons. The molecular weight excluding hydrogens is 473 g/mol. The van der Waals surface area contributed by atoms with E-state index in [1.165, 1.54) is 39.9 Å². The molecule has 9 heteroatoms. The van der Waals surface area contributed by atoms with Gasteiger partial charge in [0.15, 0.2) is 5.13 Å². The van der Waals surface area contributed by atoms with Crippen molar-refractivity contribution in [2.24, 2.45) is 0 Å². The summed E-state index contributed by atoms with van der Waals surface area (Å²) in [6, 6.07) is 19.1. The zero-order valence-electron chi connectivity index (χ0n) is 18.1. The molecule has 0 radical (unpaired) electrons. The summed E-state index contributed by atoms with van der Waals surface area (Å²) in [5.41, 5.74) is 3.19. The molecular formula is C25H20FN3O3S2. The van der Waals surface area contributed by atoms with Crippen LogP contribution in [-0.4, -0.2) is 25.4 Å². The summed E-state index contributed by atoms with van der Waals surface area (Å²) in [6.07, 6.45) is 0.635. The smallest absolute Gasteiger partial charge is 0.264 e. The minimum Gasteiger partial charge on any atom is -0.298 e. The van der Waals surface area contributed by atoms with E-state index in [4.69, 9.17) is 0 Å². The molecule has 0 bridgehead atoms. The van der Waals surface area contributed by atoms with Gasteiger partial charge in [0.05, 0.1) is 16.3 Å². The van der Waals surface area contributed by atoms with Gasteiger partial charge in [-0.1, -0.05) is 24.3 Å². The van der Waals surface area contributed by atoms with Crippen molar-refractivity contribution in [2.45, 2.75) is 24.3 Å². The average molecular weight is 494 g/mol. The predicted octanol–water partition coefficient (Wildman–Crippen LogP) is 5.34. The number of rotatable bonds is 5. The number of fused-ring (bicyclic) bond motifs is 1. The number of anilines is 2. The second-order valence-electron chi connectivity index (χ2n) is 8.01. The van der Waals surface area contributed by atoms with Crippen molar-refractivity contribution >= 4 is 38.1 Å². The topological polar surface area (TPSA) is 79.4 Å². The number of amides is 1. The average Bonchev–Trinajstić information content (AvgIpc) is 3.43. The molecule has 3 aromatic carbocycles. The molecule has 1 N–H and O–H groups in total. The van der Waals surface area contributed by atoms with Crippen molar-refractivity contribution in [3.8, 4) is 11.3 Å². The maximum absolute atomic E-state index is 13.5. The number of halogens is 1. The van der Waals surface area contributed by atoms with Gasteiger partial charge in [-0.2, -0.15) is 0 Å². The highest BCUT2D eigenvalue weighted by atomic mass is 32.2. The standard InChI is InChI=1S/C25H20FN3O3S2/c1-16-13-18-5-2-3-8-23(18)29(16)34(31,32)21-7-4-6-19(14-21)24(30)28-25-27-22(15-33-25)17-9-11-20(26)12-10-17/h2-12,14-16H,13H2,1H3,(H,27,28,30)/t16-/m0/s1. The van der Waals surface area contributed by atoms with E-state index in [9.17, 15) is 17.6 Å². The third kappa shape index (κ3) is 4.08. The highest BCUT2D eigenvalue weighted by Crippen LogP contribution is 2.36. The zero-order valence-corrected chi connectivity index (χ0v) is 19.7. The predicted molar refractivity (Wildman–Crippen MR) is 131 cm³/mol. The minimum absolute atomic E-state index is 0.0508. The second kappa shape index (κ2) is 8.66. The van der Waals surface area contributed by atoms with E-state index in [1.54, 1.807) is 35.7 Å². The van der Waals surface area contributed by atoms with Gasteiger partial charge in [-0.3, -0.25) is 14.4 Å². The Morgan fingerprint density at radius 1 is 1.09 bits per heavy atom. The molecule has 2 heterocycles.